The molecule has 1 aliphatic heterocycles. The number of azide groups is 2. The Morgan fingerprint density at radius 2 is 1.60 bits per heavy atom. The van der Waals surface area contributed by atoms with E-state index < -0.39 is 17.6 Å². The largest absolute Gasteiger partial charge is 0.497 e. The number of hydrogen-bond acceptors (Lipinski definition) is 9. The summed E-state index contributed by atoms with van der Waals surface area (Å²) in [6.07, 6.45) is -0.624. The summed E-state index contributed by atoms with van der Waals surface area (Å²) in [4.78, 5) is 25.5. The van der Waals surface area contributed by atoms with Crippen molar-refractivity contribution in [2.45, 2.75) is 31.0 Å². The molecule has 0 aliphatic carbocycles. The van der Waals surface area contributed by atoms with Gasteiger partial charge < -0.3 is 19.3 Å². The average molecular weight is 648 g/mol. The van der Waals surface area contributed by atoms with Gasteiger partial charge in [0, 0.05) is 58.3 Å². The number of aliphatic hydroxyl groups excluding tert-OH is 1. The summed E-state index contributed by atoms with van der Waals surface area (Å²) in [5.41, 5.74) is 25.8. The van der Waals surface area contributed by atoms with Crippen LogP contribution in [0.25, 0.3) is 20.9 Å². The van der Waals surface area contributed by atoms with E-state index in [-0.39, 0.29) is 31.2 Å². The van der Waals surface area contributed by atoms with Crippen molar-refractivity contribution in [2.24, 2.45) is 15.2 Å². The van der Waals surface area contributed by atoms with E-state index in [9.17, 15) is 15.9 Å². The summed E-state index contributed by atoms with van der Waals surface area (Å²) in [7, 11) is 1.59. The molecule has 3 N–H and O–H groups in total. The highest BCUT2D eigenvalue weighted by Gasteiger charge is 2.54. The number of ether oxygens (including phenoxy) is 3. The van der Waals surface area contributed by atoms with Gasteiger partial charge in [-0.05, 0) is 58.6 Å². The SMILES string of the molecule is COc1ccc(CNNC(=O)[C@@]2(Cc3ccccc3N=[N+]=[N-])N=C(c3ccc(OCCCO)cc3)O[C@H]2c2ccccc2N=[N+]=[N-])cc1. The van der Waals surface area contributed by atoms with Crippen LogP contribution in [0.4, 0.5) is 11.4 Å². The van der Waals surface area contributed by atoms with Gasteiger partial charge in [0.05, 0.1) is 13.7 Å². The summed E-state index contributed by atoms with van der Waals surface area (Å²) in [6.45, 7) is 0.655. The third-order valence-electron chi connectivity index (χ3n) is 7.66. The molecule has 4 aromatic rings. The predicted octanol–water partition coefficient (Wildman–Crippen LogP) is 6.66. The first-order valence-electron chi connectivity index (χ1n) is 15.0. The molecule has 0 saturated carbocycles. The maximum Gasteiger partial charge on any atom is 0.266 e. The quantitative estimate of drug-likeness (QED) is 0.0423. The molecule has 1 heterocycles. The Bertz CT molecular complexity index is 1850. The molecular formula is C34H33N9O5. The minimum Gasteiger partial charge on any atom is -0.497 e. The second kappa shape index (κ2) is 16.0. The van der Waals surface area contributed by atoms with Crippen molar-refractivity contribution in [2.75, 3.05) is 20.3 Å². The molecule has 0 fully saturated rings. The fourth-order valence-corrected chi connectivity index (χ4v) is 5.28. The van der Waals surface area contributed by atoms with Crippen molar-refractivity contribution in [3.8, 4) is 11.5 Å². The molecule has 1 aliphatic rings. The van der Waals surface area contributed by atoms with E-state index >= 15 is 0 Å². The molecule has 0 aromatic heterocycles. The van der Waals surface area contributed by atoms with Crippen LogP contribution in [-0.2, 0) is 22.5 Å². The van der Waals surface area contributed by atoms with Gasteiger partial charge in [0.15, 0.2) is 11.6 Å². The van der Waals surface area contributed by atoms with Gasteiger partial charge in [-0.25, -0.2) is 10.4 Å². The Kier molecular flexibility index (Phi) is 11.1. The van der Waals surface area contributed by atoms with Gasteiger partial charge in [-0.15, -0.1) is 0 Å². The standard InChI is InChI=1S/C34H33N9O5/c1-46-26-15-11-23(12-16-26)22-37-41-33(45)34(21-25-7-2-4-9-29(25)39-42-35)31(28-8-3-5-10-30(28)40-43-36)48-32(38-34)24-13-17-27(18-14-24)47-20-6-19-44/h2-5,7-18,31,37,44H,6,19-22H2,1H3,(H,41,45)/t31-,34-/m0/s1. The molecule has 0 spiro atoms. The minimum atomic E-state index is -1.68. The first-order chi connectivity index (χ1) is 23.5. The zero-order valence-electron chi connectivity index (χ0n) is 26.1. The van der Waals surface area contributed by atoms with Gasteiger partial charge in [-0.3, -0.25) is 10.2 Å². The second-order valence-corrected chi connectivity index (χ2v) is 10.7. The van der Waals surface area contributed by atoms with Crippen molar-refractivity contribution in [1.29, 1.82) is 0 Å². The van der Waals surface area contributed by atoms with Gasteiger partial charge in [0.25, 0.3) is 5.91 Å². The summed E-state index contributed by atoms with van der Waals surface area (Å²) in [5.74, 6) is 0.929. The number of hydrogen-bond donors (Lipinski definition) is 3. The van der Waals surface area contributed by atoms with Crippen LogP contribution in [-0.4, -0.2) is 42.8 Å². The van der Waals surface area contributed by atoms with E-state index in [1.165, 1.54) is 0 Å². The molecule has 244 valence electrons. The summed E-state index contributed by atoms with van der Waals surface area (Å²) in [6, 6.07) is 28.1. The lowest BCUT2D eigenvalue weighted by Crippen LogP contribution is -2.53. The van der Waals surface area contributed by atoms with Crippen LogP contribution in [0, 0.1) is 0 Å². The Labute approximate surface area is 276 Å². The molecule has 48 heavy (non-hydrogen) atoms. The Morgan fingerprint density at radius 1 is 0.938 bits per heavy atom. The van der Waals surface area contributed by atoms with E-state index in [0.29, 0.717) is 46.9 Å². The highest BCUT2D eigenvalue weighted by atomic mass is 16.5. The molecular weight excluding hydrogens is 614 g/mol. The number of aliphatic imine (C=N–C) groups is 1. The highest BCUT2D eigenvalue weighted by Crippen LogP contribution is 2.46. The Morgan fingerprint density at radius 3 is 2.31 bits per heavy atom. The van der Waals surface area contributed by atoms with E-state index in [0.717, 1.165) is 5.56 Å². The van der Waals surface area contributed by atoms with E-state index in [2.05, 4.69) is 30.9 Å². The monoisotopic (exact) mass is 647 g/mol. The smallest absolute Gasteiger partial charge is 0.266 e. The predicted molar refractivity (Wildman–Crippen MR) is 179 cm³/mol. The van der Waals surface area contributed by atoms with Crippen LogP contribution in [0.3, 0.4) is 0 Å². The number of nitrogens with zero attached hydrogens (tertiary/aromatic N) is 7. The number of benzene rings is 4. The van der Waals surface area contributed by atoms with E-state index in [4.69, 9.17) is 24.3 Å². The fourth-order valence-electron chi connectivity index (χ4n) is 5.28. The van der Waals surface area contributed by atoms with Gasteiger partial charge in [-0.1, -0.05) is 70.9 Å². The van der Waals surface area contributed by atoms with E-state index in [1.807, 2.05) is 24.3 Å². The number of hydrazine groups is 1. The second-order valence-electron chi connectivity index (χ2n) is 10.7. The number of methoxy groups -OCH3 is 1. The van der Waals surface area contributed by atoms with Crippen molar-refractivity contribution in [3.05, 3.63) is 140 Å². The third kappa shape index (κ3) is 7.66. The number of carbonyl (C=O) groups is 1. The molecule has 0 saturated heterocycles. The normalized spacial score (nSPS) is 16.5. The first kappa shape index (κ1) is 33.3. The zero-order valence-corrected chi connectivity index (χ0v) is 26.1. The van der Waals surface area contributed by atoms with Crippen molar-refractivity contribution in [3.63, 3.8) is 0 Å². The maximum absolute atomic E-state index is 14.5. The third-order valence-corrected chi connectivity index (χ3v) is 7.66. The molecule has 0 radical (unpaired) electrons. The lowest BCUT2D eigenvalue weighted by atomic mass is 9.81. The topological polar surface area (TPSA) is 199 Å². The Balaban J connectivity index is 1.59. The van der Waals surface area contributed by atoms with Crippen molar-refractivity contribution >= 4 is 23.2 Å². The van der Waals surface area contributed by atoms with Crippen LogP contribution in [0.2, 0.25) is 0 Å². The molecule has 4 aromatic carbocycles. The van der Waals surface area contributed by atoms with Crippen LogP contribution in [0.15, 0.2) is 112 Å². The number of aliphatic hydroxyl groups is 1. The molecule has 2 atom stereocenters. The molecule has 0 unspecified atom stereocenters. The molecule has 1 amide bonds. The average Bonchev–Trinajstić information content (AvgIpc) is 3.50. The van der Waals surface area contributed by atoms with Gasteiger partial charge in [0.1, 0.15) is 11.5 Å². The maximum atomic E-state index is 14.5. The fraction of sp³-hybridized carbons (Fsp3) is 0.235. The number of nitrogens with one attached hydrogen (secondary N) is 2. The number of carbonyl (C=O) groups excluding carboxylic acids is 1. The first-order valence-corrected chi connectivity index (χ1v) is 15.0. The number of amides is 1. The van der Waals surface area contributed by atoms with Gasteiger partial charge in [-0.2, -0.15) is 0 Å². The summed E-state index contributed by atoms with van der Waals surface area (Å²) in [5, 5.41) is 16.8. The summed E-state index contributed by atoms with van der Waals surface area (Å²) >= 11 is 0. The van der Waals surface area contributed by atoms with Crippen molar-refractivity contribution in [1.82, 2.24) is 10.9 Å². The van der Waals surface area contributed by atoms with Gasteiger partial charge in [0.2, 0.25) is 5.90 Å². The molecule has 5 rings (SSSR count). The highest BCUT2D eigenvalue weighted by molar-refractivity contribution is 6.01. The molecule has 14 nitrogen and oxygen atoms in total. The lowest BCUT2D eigenvalue weighted by Gasteiger charge is -2.31. The molecule has 14 heteroatoms. The Hall–Kier alpha value is -6.04. The lowest BCUT2D eigenvalue weighted by molar-refractivity contribution is -0.130. The van der Waals surface area contributed by atoms with Crippen LogP contribution in [0.1, 0.15) is 34.8 Å². The minimum absolute atomic E-state index is 0.0172. The van der Waals surface area contributed by atoms with E-state index in [1.54, 1.807) is 79.9 Å². The zero-order chi connectivity index (χ0) is 33.8. The van der Waals surface area contributed by atoms with Gasteiger partial charge >= 0.3 is 0 Å². The van der Waals surface area contributed by atoms with Crippen molar-refractivity contribution < 1.29 is 24.1 Å². The van der Waals surface area contributed by atoms with Crippen LogP contribution >= 0.6 is 0 Å². The van der Waals surface area contributed by atoms with Crippen LogP contribution in [0.5, 0.6) is 11.5 Å². The van der Waals surface area contributed by atoms with Crippen LogP contribution < -0.4 is 20.3 Å². The number of rotatable bonds is 15. The molecule has 0 bridgehead atoms. The summed E-state index contributed by atoms with van der Waals surface area (Å²) < 4.78 is 17.5.